The average molecular weight is 308 g/mol. The van der Waals surface area contributed by atoms with Crippen LogP contribution >= 0.6 is 27.5 Å². The van der Waals surface area contributed by atoms with Crippen molar-refractivity contribution < 1.29 is 14.6 Å². The summed E-state index contributed by atoms with van der Waals surface area (Å²) in [5, 5.41) is 10.7. The van der Waals surface area contributed by atoms with E-state index in [2.05, 4.69) is 15.9 Å². The number of hydrogen-bond acceptors (Lipinski definition) is 3. The number of aromatic hydroxyl groups is 1. The van der Waals surface area contributed by atoms with Crippen molar-refractivity contribution in [3.8, 4) is 5.75 Å². The first-order valence-corrected chi connectivity index (χ1v) is 6.23. The maximum absolute atomic E-state index is 10.8. The van der Waals surface area contributed by atoms with E-state index in [4.69, 9.17) is 16.3 Å². The first kappa shape index (κ1) is 13.3. The van der Waals surface area contributed by atoms with Crippen LogP contribution in [0.15, 0.2) is 18.2 Å². The molecular weight excluding hydrogens is 295 g/mol. The summed E-state index contributed by atoms with van der Waals surface area (Å²) in [5.41, 5.74) is 0.665. The highest BCUT2D eigenvalue weighted by Gasteiger charge is 2.14. The highest BCUT2D eigenvalue weighted by molar-refractivity contribution is 9.09. The summed E-state index contributed by atoms with van der Waals surface area (Å²) in [6.45, 7) is 1.35. The van der Waals surface area contributed by atoms with Gasteiger partial charge in [0.2, 0.25) is 0 Å². The Morgan fingerprint density at radius 3 is 2.88 bits per heavy atom. The fourth-order valence-corrected chi connectivity index (χ4v) is 1.88. The molecule has 5 heteroatoms. The van der Waals surface area contributed by atoms with Crippen molar-refractivity contribution in [1.82, 2.24) is 0 Å². The van der Waals surface area contributed by atoms with Crippen LogP contribution in [0.4, 0.5) is 0 Å². The Balaban J connectivity index is 2.77. The van der Waals surface area contributed by atoms with Crippen molar-refractivity contribution in [2.24, 2.45) is 0 Å². The van der Waals surface area contributed by atoms with Crippen LogP contribution in [0.1, 0.15) is 12.5 Å². The Morgan fingerprint density at radius 1 is 1.62 bits per heavy atom. The second-order valence-corrected chi connectivity index (χ2v) is 4.45. The lowest BCUT2D eigenvalue weighted by atomic mass is 10.1. The fraction of sp³-hybridized carbons (Fsp3) is 0.364. The molecule has 0 bridgehead atoms. The van der Waals surface area contributed by atoms with E-state index in [1.54, 1.807) is 12.1 Å². The van der Waals surface area contributed by atoms with Crippen molar-refractivity contribution in [3.63, 3.8) is 0 Å². The number of phenols is 1. The third-order valence-electron chi connectivity index (χ3n) is 1.99. The zero-order chi connectivity index (χ0) is 12.1. The van der Waals surface area contributed by atoms with Gasteiger partial charge in [-0.2, -0.15) is 0 Å². The molecule has 3 nitrogen and oxygen atoms in total. The summed E-state index contributed by atoms with van der Waals surface area (Å²) in [6, 6.07) is 4.79. The molecule has 1 N–H and O–H groups in total. The van der Waals surface area contributed by atoms with Gasteiger partial charge in [-0.1, -0.05) is 27.5 Å². The summed E-state index contributed by atoms with van der Waals surface area (Å²) in [6.07, 6.45) is 0.124. The molecule has 0 aliphatic heterocycles. The number of alkyl halides is 1. The van der Waals surface area contributed by atoms with E-state index in [1.807, 2.05) is 0 Å². The first-order valence-electron chi connectivity index (χ1n) is 4.73. The van der Waals surface area contributed by atoms with Crippen molar-refractivity contribution in [1.29, 1.82) is 0 Å². The first-order chi connectivity index (χ1) is 7.52. The monoisotopic (exact) mass is 306 g/mol. The summed E-state index contributed by atoms with van der Waals surface area (Å²) in [4.78, 5) is 10.8. The molecule has 1 atom stereocenters. The average Bonchev–Trinajstić information content (AvgIpc) is 2.21. The molecule has 0 fully saturated rings. The maximum Gasteiger partial charge on any atom is 0.302 e. The molecule has 1 rings (SSSR count). The molecule has 88 valence electrons. The van der Waals surface area contributed by atoms with Crippen LogP contribution < -0.4 is 0 Å². The minimum atomic E-state index is -0.342. The summed E-state index contributed by atoms with van der Waals surface area (Å²) < 4.78 is 5.06. The van der Waals surface area contributed by atoms with E-state index in [1.165, 1.54) is 13.0 Å². The SMILES string of the molecule is CC(=O)O[C@H](CBr)Cc1cc(Cl)ccc1O. The van der Waals surface area contributed by atoms with Gasteiger partial charge < -0.3 is 9.84 Å². The number of halogens is 2. The zero-order valence-corrected chi connectivity index (χ0v) is 11.1. The van der Waals surface area contributed by atoms with Gasteiger partial charge in [0, 0.05) is 23.7 Å². The predicted molar refractivity (Wildman–Crippen MR) is 66.2 cm³/mol. The van der Waals surface area contributed by atoms with Crippen LogP contribution in [-0.4, -0.2) is 22.5 Å². The fourth-order valence-electron chi connectivity index (χ4n) is 1.33. The quantitative estimate of drug-likeness (QED) is 0.687. The Kier molecular flexibility index (Phi) is 5.09. The van der Waals surface area contributed by atoms with Gasteiger partial charge in [0.05, 0.1) is 0 Å². The van der Waals surface area contributed by atoms with Crippen molar-refractivity contribution in [2.45, 2.75) is 19.4 Å². The van der Waals surface area contributed by atoms with Crippen molar-refractivity contribution in [2.75, 3.05) is 5.33 Å². The summed E-state index contributed by atoms with van der Waals surface area (Å²) >= 11 is 9.07. The number of benzene rings is 1. The Hall–Kier alpha value is -0.740. The molecule has 0 spiro atoms. The Morgan fingerprint density at radius 2 is 2.31 bits per heavy atom. The van der Waals surface area contributed by atoms with Crippen LogP contribution in [0.5, 0.6) is 5.75 Å². The Bertz CT molecular complexity index is 381. The smallest absolute Gasteiger partial charge is 0.302 e. The number of rotatable bonds is 4. The van der Waals surface area contributed by atoms with E-state index in [9.17, 15) is 9.90 Å². The van der Waals surface area contributed by atoms with Gasteiger partial charge >= 0.3 is 5.97 Å². The predicted octanol–water partition coefficient (Wildman–Crippen LogP) is 2.91. The minimum Gasteiger partial charge on any atom is -0.508 e. The molecule has 0 heterocycles. The van der Waals surface area contributed by atoms with Gasteiger partial charge in [-0.3, -0.25) is 4.79 Å². The molecule has 0 aromatic heterocycles. The molecule has 0 radical (unpaired) electrons. The van der Waals surface area contributed by atoms with Crippen LogP contribution in [0, 0.1) is 0 Å². The summed E-state index contributed by atoms with van der Waals surface area (Å²) in [5.74, 6) is -0.187. The number of esters is 1. The lowest BCUT2D eigenvalue weighted by Gasteiger charge is -2.15. The van der Waals surface area contributed by atoms with Gasteiger partial charge in [-0.05, 0) is 23.8 Å². The van der Waals surface area contributed by atoms with Gasteiger partial charge in [0.25, 0.3) is 0 Å². The van der Waals surface area contributed by atoms with Gasteiger partial charge in [0.15, 0.2) is 0 Å². The molecular formula is C11H12BrClO3. The van der Waals surface area contributed by atoms with Gasteiger partial charge in [-0.15, -0.1) is 0 Å². The van der Waals surface area contributed by atoms with E-state index >= 15 is 0 Å². The highest BCUT2D eigenvalue weighted by Crippen LogP contribution is 2.23. The van der Waals surface area contributed by atoms with E-state index < -0.39 is 0 Å². The topological polar surface area (TPSA) is 46.5 Å². The second kappa shape index (κ2) is 6.11. The Labute approximate surface area is 107 Å². The maximum atomic E-state index is 10.8. The van der Waals surface area contributed by atoms with E-state index in [-0.39, 0.29) is 17.8 Å². The number of hydrogen-bond donors (Lipinski definition) is 1. The number of phenolic OH excluding ortho intramolecular Hbond substituents is 1. The second-order valence-electron chi connectivity index (χ2n) is 3.36. The highest BCUT2D eigenvalue weighted by atomic mass is 79.9. The third kappa shape index (κ3) is 4.02. The lowest BCUT2D eigenvalue weighted by molar-refractivity contribution is -0.145. The number of carbonyl (C=O) groups excluding carboxylic acids is 1. The van der Waals surface area contributed by atoms with E-state index in [0.29, 0.717) is 22.3 Å². The molecule has 0 aliphatic rings. The lowest BCUT2D eigenvalue weighted by Crippen LogP contribution is -2.20. The summed E-state index contributed by atoms with van der Waals surface area (Å²) in [7, 11) is 0. The van der Waals surface area contributed by atoms with Crippen LogP contribution in [0.3, 0.4) is 0 Å². The number of carbonyl (C=O) groups is 1. The van der Waals surface area contributed by atoms with Gasteiger partial charge in [0.1, 0.15) is 11.9 Å². The molecule has 1 aromatic carbocycles. The molecule has 0 unspecified atom stereocenters. The molecule has 0 aliphatic carbocycles. The minimum absolute atomic E-state index is 0.155. The normalized spacial score (nSPS) is 12.2. The number of ether oxygens (including phenoxy) is 1. The molecule has 1 aromatic rings. The van der Waals surface area contributed by atoms with Crippen LogP contribution in [-0.2, 0) is 16.0 Å². The van der Waals surface area contributed by atoms with Crippen molar-refractivity contribution in [3.05, 3.63) is 28.8 Å². The van der Waals surface area contributed by atoms with Gasteiger partial charge in [-0.25, -0.2) is 0 Å². The largest absolute Gasteiger partial charge is 0.508 e. The molecule has 16 heavy (non-hydrogen) atoms. The standard InChI is InChI=1S/C11H12BrClO3/c1-7(14)16-10(6-12)5-8-4-9(13)2-3-11(8)15/h2-4,10,15H,5-6H2,1H3/t10-/m0/s1. The zero-order valence-electron chi connectivity index (χ0n) is 8.74. The van der Waals surface area contributed by atoms with Crippen LogP contribution in [0.2, 0.25) is 5.02 Å². The van der Waals surface area contributed by atoms with E-state index in [0.717, 1.165) is 0 Å². The molecule has 0 saturated heterocycles. The third-order valence-corrected chi connectivity index (χ3v) is 2.95. The van der Waals surface area contributed by atoms with Crippen molar-refractivity contribution >= 4 is 33.5 Å². The molecule has 0 saturated carbocycles. The van der Waals surface area contributed by atoms with Crippen LogP contribution in [0.25, 0.3) is 0 Å². The molecule has 0 amide bonds.